The maximum atomic E-state index is 4.82. The third-order valence-corrected chi connectivity index (χ3v) is 7.56. The van der Waals surface area contributed by atoms with Crippen LogP contribution in [0, 0.1) is 0 Å². The zero-order valence-electron chi connectivity index (χ0n) is 21.9. The van der Waals surface area contributed by atoms with E-state index in [0.29, 0.717) is 0 Å². The van der Waals surface area contributed by atoms with Crippen molar-refractivity contribution in [3.63, 3.8) is 0 Å². The van der Waals surface area contributed by atoms with Gasteiger partial charge in [0.05, 0.1) is 23.8 Å². The number of imidazole rings is 2. The molecule has 0 aliphatic heterocycles. The Morgan fingerprint density at radius 1 is 0.500 bits per heavy atom. The Morgan fingerprint density at radius 2 is 1.10 bits per heavy atom. The number of benzene rings is 4. The summed E-state index contributed by atoms with van der Waals surface area (Å²) in [5.74, 6) is 2.23. The molecule has 2 aromatic heterocycles. The topological polar surface area (TPSA) is 57.4 Å². The van der Waals surface area contributed by atoms with Gasteiger partial charge in [0.2, 0.25) is 0 Å². The molecule has 2 N–H and O–H groups in total. The highest BCUT2D eigenvalue weighted by atomic mass is 14.9. The Morgan fingerprint density at radius 3 is 1.88 bits per heavy atom. The fourth-order valence-electron chi connectivity index (χ4n) is 5.53. The number of allylic oxidation sites excluding steroid dienone is 4. The van der Waals surface area contributed by atoms with Crippen molar-refractivity contribution in [3.05, 3.63) is 157 Å². The van der Waals surface area contributed by atoms with Crippen molar-refractivity contribution in [2.24, 2.45) is 0 Å². The highest BCUT2D eigenvalue weighted by Gasteiger charge is 2.24. The number of nitrogens with zero attached hydrogens (tertiary/aromatic N) is 2. The van der Waals surface area contributed by atoms with Gasteiger partial charge in [0.15, 0.2) is 0 Å². The second kappa shape index (κ2) is 10.5. The van der Waals surface area contributed by atoms with Crippen molar-refractivity contribution in [2.75, 3.05) is 0 Å². The van der Waals surface area contributed by atoms with E-state index >= 15 is 0 Å². The molecule has 0 saturated heterocycles. The summed E-state index contributed by atoms with van der Waals surface area (Å²) in [5, 5.41) is 0. The molecule has 0 spiro atoms. The first kappa shape index (κ1) is 23.9. The number of aromatic nitrogens is 4. The van der Waals surface area contributed by atoms with E-state index in [1.165, 1.54) is 11.1 Å². The summed E-state index contributed by atoms with van der Waals surface area (Å²) in [7, 11) is 0. The minimum Gasteiger partial charge on any atom is -0.341 e. The molecule has 2 heterocycles. The van der Waals surface area contributed by atoms with Crippen LogP contribution in [0.3, 0.4) is 0 Å². The molecular formula is C36H28N4. The molecule has 4 heteroatoms. The van der Waals surface area contributed by atoms with E-state index < -0.39 is 0 Å². The molecule has 0 bridgehead atoms. The Hall–Kier alpha value is -5.22. The molecule has 7 rings (SSSR count). The second-order valence-corrected chi connectivity index (χ2v) is 10.1. The van der Waals surface area contributed by atoms with Gasteiger partial charge >= 0.3 is 0 Å². The predicted octanol–water partition coefficient (Wildman–Crippen LogP) is 8.79. The molecule has 40 heavy (non-hydrogen) atoms. The molecule has 2 atom stereocenters. The smallest absolute Gasteiger partial charge is 0.138 e. The fraction of sp³-hybridized carbons (Fsp3) is 0.0556. The summed E-state index contributed by atoms with van der Waals surface area (Å²) in [5.41, 5.74) is 8.84. The van der Waals surface area contributed by atoms with Gasteiger partial charge in [0.25, 0.3) is 0 Å². The number of H-pyrrole nitrogens is 2. The van der Waals surface area contributed by atoms with Crippen LogP contribution in [-0.2, 0) is 0 Å². The van der Waals surface area contributed by atoms with E-state index in [-0.39, 0.29) is 11.8 Å². The van der Waals surface area contributed by atoms with Gasteiger partial charge in [0, 0.05) is 28.5 Å². The summed E-state index contributed by atoms with van der Waals surface area (Å²) in [4.78, 5) is 16.8. The number of aromatic amines is 2. The van der Waals surface area contributed by atoms with Crippen LogP contribution < -0.4 is 0 Å². The van der Waals surface area contributed by atoms with Gasteiger partial charge in [-0.05, 0) is 22.8 Å². The fourth-order valence-corrected chi connectivity index (χ4v) is 5.53. The number of hydrogen-bond acceptors (Lipinski definition) is 2. The molecule has 1 aliphatic rings. The van der Waals surface area contributed by atoms with Gasteiger partial charge in [-0.2, -0.15) is 0 Å². The summed E-state index contributed by atoms with van der Waals surface area (Å²) < 4.78 is 0. The van der Waals surface area contributed by atoms with E-state index in [4.69, 9.17) is 9.97 Å². The molecule has 0 amide bonds. The summed E-state index contributed by atoms with van der Waals surface area (Å²) in [6.45, 7) is 0. The molecule has 0 fully saturated rings. The van der Waals surface area contributed by atoms with E-state index in [1.807, 2.05) is 18.5 Å². The maximum absolute atomic E-state index is 4.82. The van der Waals surface area contributed by atoms with Crippen LogP contribution in [0.25, 0.3) is 45.0 Å². The molecule has 1 aliphatic carbocycles. The predicted molar refractivity (Wildman–Crippen MR) is 163 cm³/mol. The summed E-state index contributed by atoms with van der Waals surface area (Å²) >= 11 is 0. The molecule has 4 aromatic carbocycles. The van der Waals surface area contributed by atoms with Crippen molar-refractivity contribution in [2.45, 2.75) is 11.8 Å². The third kappa shape index (κ3) is 4.61. The zero-order valence-corrected chi connectivity index (χ0v) is 21.9. The largest absolute Gasteiger partial charge is 0.341 e. The highest BCUT2D eigenvalue weighted by Crippen LogP contribution is 2.37. The Kier molecular flexibility index (Phi) is 6.27. The average molecular weight is 517 g/mol. The maximum Gasteiger partial charge on any atom is 0.138 e. The van der Waals surface area contributed by atoms with Crippen molar-refractivity contribution < 1.29 is 0 Å². The van der Waals surface area contributed by atoms with Crippen molar-refractivity contribution >= 4 is 0 Å². The summed E-state index contributed by atoms with van der Waals surface area (Å²) in [6, 6.07) is 37.9. The van der Waals surface area contributed by atoms with Crippen LogP contribution in [0.4, 0.5) is 0 Å². The molecule has 2 unspecified atom stereocenters. The lowest BCUT2D eigenvalue weighted by atomic mass is 9.82. The van der Waals surface area contributed by atoms with Crippen LogP contribution in [0.15, 0.2) is 146 Å². The number of hydrogen-bond donors (Lipinski definition) is 2. The van der Waals surface area contributed by atoms with Gasteiger partial charge in [-0.25, -0.2) is 9.97 Å². The number of rotatable bonds is 6. The monoisotopic (exact) mass is 516 g/mol. The van der Waals surface area contributed by atoms with Crippen LogP contribution in [0.5, 0.6) is 0 Å². The van der Waals surface area contributed by atoms with E-state index in [0.717, 1.165) is 45.3 Å². The van der Waals surface area contributed by atoms with Crippen molar-refractivity contribution in [1.29, 1.82) is 0 Å². The Labute approximate surface area is 233 Å². The van der Waals surface area contributed by atoms with Gasteiger partial charge < -0.3 is 9.97 Å². The molecule has 6 aromatic rings. The summed E-state index contributed by atoms with van der Waals surface area (Å²) in [6.07, 6.45) is 12.6. The lowest BCUT2D eigenvalue weighted by molar-refractivity contribution is 0.691. The zero-order chi connectivity index (χ0) is 26.7. The first-order valence-electron chi connectivity index (χ1n) is 13.6. The molecule has 4 nitrogen and oxygen atoms in total. The lowest BCUT2D eigenvalue weighted by Gasteiger charge is -2.23. The van der Waals surface area contributed by atoms with E-state index in [1.54, 1.807) is 0 Å². The van der Waals surface area contributed by atoms with Crippen LogP contribution in [-0.4, -0.2) is 19.9 Å². The minimum atomic E-state index is 0.157. The first-order chi connectivity index (χ1) is 19.8. The molecule has 192 valence electrons. The standard InChI is InChI=1S/C36H28N4/c1-3-12-25(13-4-1)29-18-7-9-20-31(29)35-37-23-33(39-35)27-16-11-17-28(22-27)34-24-38-36(40-34)32-21-10-8-19-30(32)26-14-5-2-6-15-26/h1-24,29,31H,(H,37,39)(H,38,40). The van der Waals surface area contributed by atoms with E-state index in [9.17, 15) is 0 Å². The van der Waals surface area contributed by atoms with Gasteiger partial charge in [-0.3, -0.25) is 0 Å². The minimum absolute atomic E-state index is 0.157. The lowest BCUT2D eigenvalue weighted by Crippen LogP contribution is -2.11. The van der Waals surface area contributed by atoms with Crippen molar-refractivity contribution in [1.82, 2.24) is 19.9 Å². The Balaban J connectivity index is 1.17. The molecular weight excluding hydrogens is 488 g/mol. The van der Waals surface area contributed by atoms with Crippen molar-refractivity contribution in [3.8, 4) is 45.0 Å². The molecule has 0 saturated carbocycles. The van der Waals surface area contributed by atoms with Gasteiger partial charge in [0.1, 0.15) is 11.6 Å². The normalized spacial score (nSPS) is 16.3. The third-order valence-electron chi connectivity index (χ3n) is 7.56. The van der Waals surface area contributed by atoms with E-state index in [2.05, 4.69) is 137 Å². The van der Waals surface area contributed by atoms with Crippen LogP contribution in [0.2, 0.25) is 0 Å². The number of nitrogens with one attached hydrogen (secondary N) is 2. The van der Waals surface area contributed by atoms with Crippen LogP contribution in [0.1, 0.15) is 23.2 Å². The second-order valence-electron chi connectivity index (χ2n) is 10.1. The first-order valence-corrected chi connectivity index (χ1v) is 13.6. The van der Waals surface area contributed by atoms with Crippen LogP contribution >= 0.6 is 0 Å². The highest BCUT2D eigenvalue weighted by molar-refractivity contribution is 5.81. The Bertz CT molecular complexity index is 1810. The van der Waals surface area contributed by atoms with Gasteiger partial charge in [-0.1, -0.05) is 127 Å². The van der Waals surface area contributed by atoms with Gasteiger partial charge in [-0.15, -0.1) is 0 Å². The average Bonchev–Trinajstić information content (AvgIpc) is 3.73. The SMILES string of the molecule is C1=CC(c2ccccc2)C(c2ncc(-c3cccc(-c4cnc(-c5ccccc5-c5ccccc5)[nH]4)c3)[nH]2)C=C1. The molecule has 0 radical (unpaired) electrons. The quantitative estimate of drug-likeness (QED) is 0.232.